The molecule has 2 aliphatic heterocycles. The van der Waals surface area contributed by atoms with E-state index in [4.69, 9.17) is 22.8 Å². The Balaban J connectivity index is 2.29. The van der Waals surface area contributed by atoms with E-state index in [9.17, 15) is 0 Å². The van der Waals surface area contributed by atoms with Crippen molar-refractivity contribution in [2.75, 3.05) is 6.61 Å². The van der Waals surface area contributed by atoms with E-state index in [1.54, 1.807) is 6.26 Å². The van der Waals surface area contributed by atoms with Crippen LogP contribution in [0.15, 0.2) is 24.4 Å². The van der Waals surface area contributed by atoms with Crippen molar-refractivity contribution in [3.05, 3.63) is 24.4 Å². The van der Waals surface area contributed by atoms with Gasteiger partial charge in [-0.3, -0.25) is 0 Å². The van der Waals surface area contributed by atoms with Crippen molar-refractivity contribution in [3.63, 3.8) is 0 Å². The summed E-state index contributed by atoms with van der Waals surface area (Å²) in [6.45, 7) is 26.9. The predicted octanol–water partition coefficient (Wildman–Crippen LogP) is 6.63. The molecule has 0 aliphatic carbocycles. The van der Waals surface area contributed by atoms with Crippen LogP contribution in [-0.2, 0) is 22.8 Å². The lowest BCUT2D eigenvalue weighted by Gasteiger charge is -2.55. The summed E-state index contributed by atoms with van der Waals surface area (Å²) in [6.07, 6.45) is 4.87. The van der Waals surface area contributed by atoms with Gasteiger partial charge in [-0.2, -0.15) is 0 Å². The maximum Gasteiger partial charge on any atom is 0.349 e. The number of ether oxygens (including phenoxy) is 2. The zero-order chi connectivity index (χ0) is 23.2. The van der Waals surface area contributed by atoms with E-state index >= 15 is 0 Å². The van der Waals surface area contributed by atoms with Crippen LogP contribution in [-0.4, -0.2) is 41.8 Å². The number of rotatable bonds is 4. The van der Waals surface area contributed by atoms with Crippen molar-refractivity contribution in [1.29, 1.82) is 0 Å². The molecule has 30 heavy (non-hydrogen) atoms. The Labute approximate surface area is 186 Å². The summed E-state index contributed by atoms with van der Waals surface area (Å²) in [7, 11) is -4.63. The van der Waals surface area contributed by atoms with Gasteiger partial charge in [0.2, 0.25) is 0 Å². The minimum atomic E-state index is -2.62. The fourth-order valence-electron chi connectivity index (χ4n) is 4.03. The summed E-state index contributed by atoms with van der Waals surface area (Å²) in [5.41, 5.74) is 0. The van der Waals surface area contributed by atoms with Crippen molar-refractivity contribution in [3.8, 4) is 0 Å². The zero-order valence-corrected chi connectivity index (χ0v) is 23.2. The summed E-state index contributed by atoms with van der Waals surface area (Å²) in [5.74, 6) is 0.575. The summed E-state index contributed by atoms with van der Waals surface area (Å²) in [6, 6.07) is 0. The Bertz CT molecular complexity index is 651. The van der Waals surface area contributed by atoms with Crippen molar-refractivity contribution in [1.82, 2.24) is 0 Å². The highest BCUT2D eigenvalue weighted by Gasteiger charge is 2.63. The highest BCUT2D eigenvalue weighted by Crippen LogP contribution is 2.55. The maximum atomic E-state index is 6.91. The lowest BCUT2D eigenvalue weighted by molar-refractivity contribution is -0.135. The first-order chi connectivity index (χ1) is 13.5. The molecule has 0 spiro atoms. The summed E-state index contributed by atoms with van der Waals surface area (Å²) in [4.78, 5) is 0. The molecule has 0 N–H and O–H groups in total. The Morgan fingerprint density at radius 1 is 1.03 bits per heavy atom. The van der Waals surface area contributed by atoms with Gasteiger partial charge in [0.15, 0.2) is 6.10 Å². The van der Waals surface area contributed by atoms with Crippen LogP contribution in [0.1, 0.15) is 69.2 Å². The van der Waals surface area contributed by atoms with Gasteiger partial charge in [-0.15, -0.1) is 0 Å². The molecule has 2 heterocycles. The van der Waals surface area contributed by atoms with Crippen molar-refractivity contribution in [2.45, 2.75) is 116 Å². The quantitative estimate of drug-likeness (QED) is 0.351. The van der Waals surface area contributed by atoms with E-state index in [0.29, 0.717) is 12.6 Å². The molecule has 2 rings (SSSR count). The first-order valence-corrected chi connectivity index (χ1v) is 15.8. The highest BCUT2D eigenvalue weighted by atomic mass is 28.4. The average Bonchev–Trinajstić information content (AvgIpc) is 2.57. The molecule has 0 saturated carbocycles. The monoisotopic (exact) mass is 456 g/mol. The normalized spacial score (nSPS) is 27.9. The third-order valence-electron chi connectivity index (χ3n) is 6.59. The molecule has 0 aromatic heterocycles. The SMILES string of the molecule is C/C=C(/O[C@@H]1C=CO[C@@H]2CO[Si](C(C)(C)C)(C(C)(C)C)O[C@H]12)O[Si](C)(C)C(C)(C)C. The number of hydrogen-bond donors (Lipinski definition) is 0. The highest BCUT2D eigenvalue weighted by molar-refractivity contribution is 6.74. The van der Waals surface area contributed by atoms with Crippen LogP contribution in [0, 0.1) is 0 Å². The molecule has 0 amide bonds. The zero-order valence-electron chi connectivity index (χ0n) is 21.2. The molecule has 0 unspecified atom stereocenters. The summed E-state index contributed by atoms with van der Waals surface area (Å²) in [5, 5.41) is -0.0968. The van der Waals surface area contributed by atoms with Gasteiger partial charge in [0.05, 0.1) is 12.9 Å². The summed E-state index contributed by atoms with van der Waals surface area (Å²) >= 11 is 0. The minimum absolute atomic E-state index is 0.0917. The molecular formula is C23H44O5Si2. The van der Waals surface area contributed by atoms with E-state index < -0.39 is 16.9 Å². The smallest absolute Gasteiger partial charge is 0.349 e. The van der Waals surface area contributed by atoms with Crippen LogP contribution in [0.4, 0.5) is 0 Å². The molecule has 1 fully saturated rings. The third kappa shape index (κ3) is 4.84. The van der Waals surface area contributed by atoms with Gasteiger partial charge in [0, 0.05) is 10.1 Å². The first-order valence-electron chi connectivity index (χ1n) is 11.1. The van der Waals surface area contributed by atoms with Gasteiger partial charge < -0.3 is 22.8 Å². The fourth-order valence-corrected chi connectivity index (χ4v) is 9.97. The Hall–Kier alpha value is -0.766. The number of hydrogen-bond acceptors (Lipinski definition) is 5. The molecule has 0 bridgehead atoms. The molecule has 174 valence electrons. The molecule has 0 aromatic carbocycles. The van der Waals surface area contributed by atoms with Gasteiger partial charge in [-0.05, 0) is 37.2 Å². The molecule has 3 atom stereocenters. The van der Waals surface area contributed by atoms with Crippen molar-refractivity contribution in [2.24, 2.45) is 0 Å². The second kappa shape index (κ2) is 8.30. The first kappa shape index (κ1) is 25.5. The van der Waals surface area contributed by atoms with Crippen LogP contribution in [0.5, 0.6) is 0 Å². The molecule has 1 saturated heterocycles. The van der Waals surface area contributed by atoms with E-state index in [-0.39, 0.29) is 33.4 Å². The Morgan fingerprint density at radius 2 is 1.60 bits per heavy atom. The second-order valence-electron chi connectivity index (χ2n) is 12.1. The largest absolute Gasteiger partial charge is 0.519 e. The lowest BCUT2D eigenvalue weighted by atomic mass is 10.1. The second-order valence-corrected chi connectivity index (χ2v) is 21.5. The van der Waals surface area contributed by atoms with Gasteiger partial charge >= 0.3 is 8.56 Å². The van der Waals surface area contributed by atoms with Crippen LogP contribution in [0.2, 0.25) is 28.2 Å². The molecule has 2 aliphatic rings. The number of allylic oxidation sites excluding steroid dienone is 1. The van der Waals surface area contributed by atoms with Crippen LogP contribution >= 0.6 is 0 Å². The van der Waals surface area contributed by atoms with E-state index in [1.807, 2.05) is 19.1 Å². The van der Waals surface area contributed by atoms with Gasteiger partial charge in [-0.25, -0.2) is 0 Å². The van der Waals surface area contributed by atoms with Crippen molar-refractivity contribution < 1.29 is 22.8 Å². The van der Waals surface area contributed by atoms with E-state index in [0.717, 1.165) is 0 Å². The molecule has 5 nitrogen and oxygen atoms in total. The minimum Gasteiger partial charge on any atom is -0.519 e. The third-order valence-corrected chi connectivity index (χ3v) is 16.0. The maximum absolute atomic E-state index is 6.91. The summed E-state index contributed by atoms with van der Waals surface area (Å²) < 4.78 is 32.2. The Morgan fingerprint density at radius 3 is 2.07 bits per heavy atom. The lowest BCUT2D eigenvalue weighted by Crippen LogP contribution is -2.67. The molecule has 0 radical (unpaired) electrons. The predicted molar refractivity (Wildman–Crippen MR) is 127 cm³/mol. The molecule has 7 heteroatoms. The van der Waals surface area contributed by atoms with Gasteiger partial charge in [0.25, 0.3) is 14.3 Å². The number of fused-ring (bicyclic) bond motifs is 1. The molecular weight excluding hydrogens is 412 g/mol. The van der Waals surface area contributed by atoms with Gasteiger partial charge in [-0.1, -0.05) is 62.3 Å². The standard InChI is InChI=1S/C23H44O5Si2/c1-13-19(27-29(11,12)21(2,3)4)26-17-14-15-24-18-16-25-30(22(5,6)7,23(8,9)10)28-20(17)18/h13-15,17-18,20H,16H2,1-12H3/b19-13-/t17-,18-,20-/m1/s1. The van der Waals surface area contributed by atoms with Crippen LogP contribution in [0.25, 0.3) is 0 Å². The van der Waals surface area contributed by atoms with Crippen LogP contribution < -0.4 is 0 Å². The Kier molecular flexibility index (Phi) is 7.05. The average molecular weight is 457 g/mol. The van der Waals surface area contributed by atoms with Crippen molar-refractivity contribution >= 4 is 16.9 Å². The molecule has 0 aromatic rings. The fraction of sp³-hybridized carbons (Fsp3) is 0.826. The van der Waals surface area contributed by atoms with E-state index in [1.165, 1.54) is 0 Å². The van der Waals surface area contributed by atoms with Crippen LogP contribution in [0.3, 0.4) is 0 Å². The topological polar surface area (TPSA) is 46.2 Å². The van der Waals surface area contributed by atoms with Gasteiger partial charge in [0.1, 0.15) is 12.2 Å². The van der Waals surface area contributed by atoms with E-state index in [2.05, 4.69) is 75.4 Å².